The fourth-order valence-electron chi connectivity index (χ4n) is 3.67. The van der Waals surface area contributed by atoms with E-state index in [1.54, 1.807) is 73.2 Å². The summed E-state index contributed by atoms with van der Waals surface area (Å²) in [6, 6.07) is 22.6. The molecule has 0 aliphatic rings. The molecule has 0 amide bonds. The summed E-state index contributed by atoms with van der Waals surface area (Å²) in [6.45, 7) is 1.90. The third-order valence-electron chi connectivity index (χ3n) is 5.29. The molecular formula is C27H21Cl2NO4. The highest BCUT2D eigenvalue weighted by molar-refractivity contribution is 6.31. The molecule has 4 rings (SSSR count). The third-order valence-corrected chi connectivity index (χ3v) is 5.79. The number of carbonyl (C=O) groups is 2. The van der Waals surface area contributed by atoms with Gasteiger partial charge in [0, 0.05) is 21.3 Å². The molecule has 0 aliphatic heterocycles. The molecule has 3 aromatic carbocycles. The average Bonchev–Trinajstić information content (AvgIpc) is 3.25. The fourth-order valence-corrected chi connectivity index (χ4v) is 3.92. The Bertz CT molecular complexity index is 1330. The van der Waals surface area contributed by atoms with Gasteiger partial charge < -0.3 is 14.0 Å². The molecule has 0 spiro atoms. The normalized spacial score (nSPS) is 10.7. The van der Waals surface area contributed by atoms with Crippen LogP contribution in [0.2, 0.25) is 10.0 Å². The Morgan fingerprint density at radius 1 is 0.853 bits per heavy atom. The summed E-state index contributed by atoms with van der Waals surface area (Å²) in [4.78, 5) is 26.8. The summed E-state index contributed by atoms with van der Waals surface area (Å²) in [5.41, 5.74) is 2.85. The minimum absolute atomic E-state index is 0.169. The Morgan fingerprint density at radius 2 is 1.44 bits per heavy atom. The summed E-state index contributed by atoms with van der Waals surface area (Å²) in [5.74, 6) is -0.252. The van der Waals surface area contributed by atoms with E-state index in [1.807, 2.05) is 24.3 Å². The topological polar surface area (TPSA) is 57.5 Å². The van der Waals surface area contributed by atoms with Crippen molar-refractivity contribution in [2.45, 2.75) is 6.92 Å². The quantitative estimate of drug-likeness (QED) is 0.208. The summed E-state index contributed by atoms with van der Waals surface area (Å²) < 4.78 is 12.3. The van der Waals surface area contributed by atoms with E-state index in [0.29, 0.717) is 32.7 Å². The van der Waals surface area contributed by atoms with Crippen molar-refractivity contribution in [2.75, 3.05) is 13.7 Å². The second-order valence-corrected chi connectivity index (χ2v) is 8.26. The lowest BCUT2D eigenvalue weighted by atomic mass is 10.0. The van der Waals surface area contributed by atoms with Gasteiger partial charge in [0.2, 0.25) is 5.78 Å². The van der Waals surface area contributed by atoms with Gasteiger partial charge in [-0.25, -0.2) is 4.79 Å². The highest BCUT2D eigenvalue weighted by atomic mass is 35.5. The van der Waals surface area contributed by atoms with Crippen molar-refractivity contribution in [1.29, 1.82) is 0 Å². The Hall–Kier alpha value is -3.54. The van der Waals surface area contributed by atoms with Crippen LogP contribution in [-0.4, -0.2) is 30.0 Å². The van der Waals surface area contributed by atoms with E-state index < -0.39 is 5.97 Å². The molecule has 0 saturated carbocycles. The van der Waals surface area contributed by atoms with Gasteiger partial charge in [-0.2, -0.15) is 0 Å². The highest BCUT2D eigenvalue weighted by Gasteiger charge is 2.28. The largest absolute Gasteiger partial charge is 0.497 e. The number of hydrogen-bond donors (Lipinski definition) is 0. The predicted molar refractivity (Wildman–Crippen MR) is 134 cm³/mol. The summed E-state index contributed by atoms with van der Waals surface area (Å²) in [5, 5.41) is 1.09. The molecule has 4 aromatic rings. The van der Waals surface area contributed by atoms with Crippen molar-refractivity contribution in [1.82, 2.24) is 4.57 Å². The fraction of sp³-hybridized carbons (Fsp3) is 0.111. The molecular weight excluding hydrogens is 473 g/mol. The number of ketones is 1. The van der Waals surface area contributed by atoms with Crippen LogP contribution in [0.3, 0.4) is 0 Å². The van der Waals surface area contributed by atoms with E-state index in [2.05, 4.69) is 0 Å². The molecule has 0 unspecified atom stereocenters. The van der Waals surface area contributed by atoms with Crippen LogP contribution in [0.5, 0.6) is 5.75 Å². The predicted octanol–water partition coefficient (Wildman–Crippen LogP) is 6.87. The van der Waals surface area contributed by atoms with Crippen LogP contribution in [0, 0.1) is 0 Å². The molecule has 0 N–H and O–H groups in total. The van der Waals surface area contributed by atoms with Crippen molar-refractivity contribution in [3.63, 3.8) is 0 Å². The number of aromatic nitrogens is 1. The first kappa shape index (κ1) is 23.6. The number of benzene rings is 3. The maximum Gasteiger partial charge on any atom is 0.340 e. The van der Waals surface area contributed by atoms with Crippen LogP contribution in [0.25, 0.3) is 16.9 Å². The van der Waals surface area contributed by atoms with E-state index in [4.69, 9.17) is 32.7 Å². The second kappa shape index (κ2) is 10.2. The van der Waals surface area contributed by atoms with Crippen LogP contribution in [0.4, 0.5) is 0 Å². The van der Waals surface area contributed by atoms with Gasteiger partial charge in [-0.1, -0.05) is 35.3 Å². The molecule has 0 saturated heterocycles. The van der Waals surface area contributed by atoms with Gasteiger partial charge >= 0.3 is 5.97 Å². The van der Waals surface area contributed by atoms with Crippen LogP contribution >= 0.6 is 23.2 Å². The van der Waals surface area contributed by atoms with E-state index in [0.717, 1.165) is 5.56 Å². The van der Waals surface area contributed by atoms with Gasteiger partial charge in [-0.3, -0.25) is 4.79 Å². The number of nitrogens with zero attached hydrogens (tertiary/aromatic N) is 1. The minimum Gasteiger partial charge on any atom is -0.497 e. The van der Waals surface area contributed by atoms with Crippen molar-refractivity contribution >= 4 is 35.0 Å². The molecule has 1 heterocycles. The molecule has 172 valence electrons. The van der Waals surface area contributed by atoms with Gasteiger partial charge in [0.25, 0.3) is 0 Å². The first-order chi connectivity index (χ1) is 16.4. The van der Waals surface area contributed by atoms with Gasteiger partial charge in [-0.05, 0) is 79.2 Å². The smallest absolute Gasteiger partial charge is 0.340 e. The summed E-state index contributed by atoms with van der Waals surface area (Å²) in [7, 11) is 1.58. The van der Waals surface area contributed by atoms with E-state index in [1.165, 1.54) is 0 Å². The molecule has 0 radical (unpaired) electrons. The van der Waals surface area contributed by atoms with Crippen LogP contribution in [-0.2, 0) is 4.74 Å². The number of esters is 1. The lowest BCUT2D eigenvalue weighted by Crippen LogP contribution is -2.15. The van der Waals surface area contributed by atoms with Gasteiger partial charge in [0.1, 0.15) is 11.4 Å². The number of hydrogen-bond acceptors (Lipinski definition) is 4. The molecule has 1 aromatic heterocycles. The van der Waals surface area contributed by atoms with Crippen LogP contribution < -0.4 is 4.74 Å². The lowest BCUT2D eigenvalue weighted by Gasteiger charge is -2.15. The molecule has 0 bridgehead atoms. The number of ether oxygens (including phenoxy) is 2. The standard InChI is InChI=1S/C27H21Cl2NO4/c1-3-34-27(32)23-16-24(17-4-8-19(28)9-5-17)30(21-12-14-22(33-2)15-13-21)25(23)26(31)18-6-10-20(29)11-7-18/h4-16H,3H2,1-2H3. The Labute approximate surface area is 207 Å². The average molecular weight is 494 g/mol. The highest BCUT2D eigenvalue weighted by Crippen LogP contribution is 2.33. The van der Waals surface area contributed by atoms with Crippen molar-refractivity contribution in [3.8, 4) is 22.7 Å². The van der Waals surface area contributed by atoms with E-state index >= 15 is 0 Å². The molecule has 5 nitrogen and oxygen atoms in total. The first-order valence-electron chi connectivity index (χ1n) is 10.6. The van der Waals surface area contributed by atoms with Gasteiger partial charge in [0.05, 0.1) is 25.0 Å². The lowest BCUT2D eigenvalue weighted by molar-refractivity contribution is 0.0523. The third kappa shape index (κ3) is 4.72. The number of halogens is 2. The number of rotatable bonds is 7. The maximum atomic E-state index is 13.8. The van der Waals surface area contributed by atoms with Crippen LogP contribution in [0.15, 0.2) is 78.9 Å². The zero-order chi connectivity index (χ0) is 24.2. The zero-order valence-electron chi connectivity index (χ0n) is 18.5. The van der Waals surface area contributed by atoms with Gasteiger partial charge in [0.15, 0.2) is 0 Å². The van der Waals surface area contributed by atoms with E-state index in [-0.39, 0.29) is 23.6 Å². The van der Waals surface area contributed by atoms with Crippen LogP contribution in [0.1, 0.15) is 33.3 Å². The molecule has 0 aliphatic carbocycles. The summed E-state index contributed by atoms with van der Waals surface area (Å²) in [6.07, 6.45) is 0. The molecule has 34 heavy (non-hydrogen) atoms. The van der Waals surface area contributed by atoms with Crippen molar-refractivity contribution in [2.24, 2.45) is 0 Å². The number of methoxy groups -OCH3 is 1. The van der Waals surface area contributed by atoms with Crippen molar-refractivity contribution in [3.05, 3.63) is 106 Å². The van der Waals surface area contributed by atoms with Crippen molar-refractivity contribution < 1.29 is 19.1 Å². The summed E-state index contributed by atoms with van der Waals surface area (Å²) >= 11 is 12.1. The molecule has 0 fully saturated rings. The second-order valence-electron chi connectivity index (χ2n) is 7.39. The van der Waals surface area contributed by atoms with Gasteiger partial charge in [-0.15, -0.1) is 0 Å². The molecule has 7 heteroatoms. The Morgan fingerprint density at radius 3 is 2.00 bits per heavy atom. The Balaban J connectivity index is 2.02. The first-order valence-corrected chi connectivity index (χ1v) is 11.3. The monoisotopic (exact) mass is 493 g/mol. The SMILES string of the molecule is CCOC(=O)c1cc(-c2ccc(Cl)cc2)n(-c2ccc(OC)cc2)c1C(=O)c1ccc(Cl)cc1. The Kier molecular flexibility index (Phi) is 7.06. The maximum absolute atomic E-state index is 13.8. The van der Waals surface area contributed by atoms with E-state index in [9.17, 15) is 9.59 Å². The minimum atomic E-state index is -0.581. The molecule has 0 atom stereocenters. The zero-order valence-corrected chi connectivity index (χ0v) is 20.1. The number of carbonyl (C=O) groups excluding carboxylic acids is 2.